The molecule has 82 valence electrons. The Kier molecular flexibility index (Phi) is 3.19. The molecule has 16 heavy (non-hydrogen) atoms. The minimum absolute atomic E-state index is 0.186. The van der Waals surface area contributed by atoms with Crippen LogP contribution in [-0.2, 0) is 0 Å². The Hall–Kier alpha value is -1.03. The molecule has 0 aliphatic carbocycles. The zero-order valence-electron chi connectivity index (χ0n) is 7.80. The van der Waals surface area contributed by atoms with Crippen LogP contribution >= 0.6 is 34.8 Å². The van der Waals surface area contributed by atoms with Gasteiger partial charge in [0.25, 0.3) is 5.56 Å². The molecular weight excluding hydrogens is 270 g/mol. The quantitative estimate of drug-likeness (QED) is 0.867. The molecule has 0 saturated heterocycles. The summed E-state index contributed by atoms with van der Waals surface area (Å²) in [5.41, 5.74) is 0.501. The Morgan fingerprint density at radius 3 is 2.56 bits per heavy atom. The largest absolute Gasteiger partial charge is 0.272 e. The summed E-state index contributed by atoms with van der Waals surface area (Å²) in [5.74, 6) is 0. The number of hydrogen-bond acceptors (Lipinski definition) is 2. The molecule has 3 nitrogen and oxygen atoms in total. The van der Waals surface area contributed by atoms with Gasteiger partial charge in [-0.2, -0.15) is 5.10 Å². The Morgan fingerprint density at radius 2 is 1.81 bits per heavy atom. The SMILES string of the molecule is O=c1[nH]nc(Cl)cc1-c1cc(Cl)ccc1Cl. The van der Waals surface area contributed by atoms with E-state index in [1.165, 1.54) is 6.07 Å². The Bertz CT molecular complexity index is 595. The number of aromatic amines is 1. The minimum atomic E-state index is -0.367. The Morgan fingerprint density at radius 1 is 1.06 bits per heavy atom. The average molecular weight is 276 g/mol. The van der Waals surface area contributed by atoms with Gasteiger partial charge in [-0.25, -0.2) is 5.10 Å². The Labute approximate surface area is 106 Å². The maximum atomic E-state index is 11.6. The van der Waals surface area contributed by atoms with Gasteiger partial charge in [0, 0.05) is 15.6 Å². The molecule has 2 rings (SSSR count). The van der Waals surface area contributed by atoms with Crippen LogP contribution < -0.4 is 5.56 Å². The third kappa shape index (κ3) is 2.21. The number of benzene rings is 1. The normalized spacial score (nSPS) is 10.4. The molecule has 1 aromatic heterocycles. The third-order valence-electron chi connectivity index (χ3n) is 1.99. The van der Waals surface area contributed by atoms with E-state index in [0.29, 0.717) is 21.2 Å². The number of H-pyrrole nitrogens is 1. The first-order valence-corrected chi connectivity index (χ1v) is 5.42. The highest BCUT2D eigenvalue weighted by molar-refractivity contribution is 6.35. The van der Waals surface area contributed by atoms with E-state index in [4.69, 9.17) is 34.8 Å². The third-order valence-corrected chi connectivity index (χ3v) is 2.75. The van der Waals surface area contributed by atoms with Crippen molar-refractivity contribution in [2.45, 2.75) is 0 Å². The molecule has 1 aromatic carbocycles. The van der Waals surface area contributed by atoms with E-state index in [2.05, 4.69) is 10.2 Å². The monoisotopic (exact) mass is 274 g/mol. The number of hydrogen-bond donors (Lipinski definition) is 1. The van der Waals surface area contributed by atoms with E-state index in [1.807, 2.05) is 0 Å². The molecule has 1 N–H and O–H groups in total. The summed E-state index contributed by atoms with van der Waals surface area (Å²) in [6, 6.07) is 6.31. The zero-order valence-corrected chi connectivity index (χ0v) is 10.1. The summed E-state index contributed by atoms with van der Waals surface area (Å²) in [6.07, 6.45) is 0. The van der Waals surface area contributed by atoms with Gasteiger partial charge >= 0.3 is 0 Å². The molecule has 0 amide bonds. The van der Waals surface area contributed by atoms with E-state index in [1.54, 1.807) is 18.2 Å². The van der Waals surface area contributed by atoms with E-state index >= 15 is 0 Å². The molecule has 0 fully saturated rings. The highest BCUT2D eigenvalue weighted by Gasteiger charge is 2.09. The fourth-order valence-electron chi connectivity index (χ4n) is 1.29. The summed E-state index contributed by atoms with van der Waals surface area (Å²) < 4.78 is 0. The van der Waals surface area contributed by atoms with Gasteiger partial charge in [-0.15, -0.1) is 0 Å². The molecule has 0 radical (unpaired) electrons. The summed E-state index contributed by atoms with van der Waals surface area (Å²) in [4.78, 5) is 11.6. The van der Waals surface area contributed by atoms with E-state index in [9.17, 15) is 4.79 Å². The van der Waals surface area contributed by atoms with Gasteiger partial charge in [0.1, 0.15) is 5.15 Å². The summed E-state index contributed by atoms with van der Waals surface area (Å²) in [6.45, 7) is 0. The predicted octanol–water partition coefficient (Wildman–Crippen LogP) is 3.40. The minimum Gasteiger partial charge on any atom is -0.267 e. The van der Waals surface area contributed by atoms with Gasteiger partial charge in [0.2, 0.25) is 0 Å². The van der Waals surface area contributed by atoms with Gasteiger partial charge in [-0.05, 0) is 24.3 Å². The van der Waals surface area contributed by atoms with Gasteiger partial charge in [-0.1, -0.05) is 34.8 Å². The number of halogens is 3. The highest BCUT2D eigenvalue weighted by atomic mass is 35.5. The van der Waals surface area contributed by atoms with Crippen LogP contribution in [-0.4, -0.2) is 10.2 Å². The van der Waals surface area contributed by atoms with E-state index in [0.717, 1.165) is 0 Å². The molecule has 0 aliphatic rings. The second-order valence-electron chi connectivity index (χ2n) is 3.06. The molecule has 0 bridgehead atoms. The first-order valence-electron chi connectivity index (χ1n) is 4.28. The zero-order chi connectivity index (χ0) is 11.7. The molecule has 0 aliphatic heterocycles. The van der Waals surface area contributed by atoms with Crippen LogP contribution in [0.2, 0.25) is 15.2 Å². The van der Waals surface area contributed by atoms with Crippen molar-refractivity contribution in [3.05, 3.63) is 49.8 Å². The van der Waals surface area contributed by atoms with Crippen LogP contribution in [0.5, 0.6) is 0 Å². The number of nitrogens with one attached hydrogen (secondary N) is 1. The first kappa shape index (κ1) is 11.5. The second kappa shape index (κ2) is 4.45. The predicted molar refractivity (Wildman–Crippen MR) is 65.3 cm³/mol. The lowest BCUT2D eigenvalue weighted by molar-refractivity contribution is 0.992. The lowest BCUT2D eigenvalue weighted by atomic mass is 10.1. The summed E-state index contributed by atoms with van der Waals surface area (Å²) in [5, 5.41) is 6.95. The van der Waals surface area contributed by atoms with Crippen molar-refractivity contribution in [2.24, 2.45) is 0 Å². The second-order valence-corrected chi connectivity index (χ2v) is 4.29. The van der Waals surface area contributed by atoms with Crippen LogP contribution in [0.15, 0.2) is 29.1 Å². The Balaban J connectivity index is 2.71. The topological polar surface area (TPSA) is 45.8 Å². The number of rotatable bonds is 1. The van der Waals surface area contributed by atoms with Crippen molar-refractivity contribution in [3.63, 3.8) is 0 Å². The van der Waals surface area contributed by atoms with Crippen LogP contribution in [0.1, 0.15) is 0 Å². The smallest absolute Gasteiger partial charge is 0.267 e. The standard InChI is InChI=1S/C10H5Cl3N2O/c11-5-1-2-8(12)6(3-5)7-4-9(13)14-15-10(7)16/h1-4H,(H,15,16). The number of aromatic nitrogens is 2. The maximum absolute atomic E-state index is 11.6. The highest BCUT2D eigenvalue weighted by Crippen LogP contribution is 2.28. The molecular formula is C10H5Cl3N2O. The molecule has 0 unspecified atom stereocenters. The fraction of sp³-hybridized carbons (Fsp3) is 0. The van der Waals surface area contributed by atoms with Crippen molar-refractivity contribution in [3.8, 4) is 11.1 Å². The average Bonchev–Trinajstić information content (AvgIpc) is 2.25. The molecule has 1 heterocycles. The van der Waals surface area contributed by atoms with Crippen LogP contribution in [0, 0.1) is 0 Å². The molecule has 2 aromatic rings. The van der Waals surface area contributed by atoms with Gasteiger partial charge in [0.05, 0.1) is 5.56 Å². The summed E-state index contributed by atoms with van der Waals surface area (Å²) >= 11 is 17.5. The number of nitrogens with zero attached hydrogens (tertiary/aromatic N) is 1. The first-order chi connectivity index (χ1) is 7.58. The summed E-state index contributed by atoms with van der Waals surface area (Å²) in [7, 11) is 0. The van der Waals surface area contributed by atoms with Crippen LogP contribution in [0.4, 0.5) is 0 Å². The molecule has 6 heteroatoms. The van der Waals surface area contributed by atoms with Crippen LogP contribution in [0.3, 0.4) is 0 Å². The van der Waals surface area contributed by atoms with E-state index < -0.39 is 0 Å². The van der Waals surface area contributed by atoms with Crippen molar-refractivity contribution in [1.29, 1.82) is 0 Å². The van der Waals surface area contributed by atoms with Crippen LogP contribution in [0.25, 0.3) is 11.1 Å². The lowest BCUT2D eigenvalue weighted by Gasteiger charge is -2.03. The fourth-order valence-corrected chi connectivity index (χ4v) is 1.83. The van der Waals surface area contributed by atoms with Crippen molar-refractivity contribution >= 4 is 34.8 Å². The maximum Gasteiger partial charge on any atom is 0.272 e. The van der Waals surface area contributed by atoms with Gasteiger partial charge < -0.3 is 0 Å². The molecule has 0 saturated carbocycles. The lowest BCUT2D eigenvalue weighted by Crippen LogP contribution is -2.10. The van der Waals surface area contributed by atoms with Gasteiger partial charge in [-0.3, -0.25) is 4.79 Å². The van der Waals surface area contributed by atoms with E-state index in [-0.39, 0.29) is 10.7 Å². The van der Waals surface area contributed by atoms with Crippen molar-refractivity contribution in [2.75, 3.05) is 0 Å². The van der Waals surface area contributed by atoms with Crippen molar-refractivity contribution < 1.29 is 0 Å². The molecule has 0 atom stereocenters. The van der Waals surface area contributed by atoms with Gasteiger partial charge in [0.15, 0.2) is 0 Å². The van der Waals surface area contributed by atoms with Crippen molar-refractivity contribution in [1.82, 2.24) is 10.2 Å². The molecule has 0 spiro atoms.